The molecule has 1 heterocycles. The maximum atomic E-state index is 6.22. The van der Waals surface area contributed by atoms with Crippen LogP contribution in [0.1, 0.15) is 27.7 Å². The first-order valence-electron chi connectivity index (χ1n) is 7.77. The molecule has 0 aliphatic carbocycles. The second-order valence-corrected chi connectivity index (χ2v) is 7.20. The van der Waals surface area contributed by atoms with Crippen molar-refractivity contribution < 1.29 is 9.31 Å². The Labute approximate surface area is 133 Å². The van der Waals surface area contributed by atoms with E-state index in [-0.39, 0.29) is 18.3 Å². The van der Waals surface area contributed by atoms with Gasteiger partial charge in [-0.15, -0.1) is 0 Å². The summed E-state index contributed by atoms with van der Waals surface area (Å²) in [4.78, 5) is 2.14. The molecule has 116 valence electrons. The normalized spacial score (nSPS) is 19.6. The van der Waals surface area contributed by atoms with Gasteiger partial charge in [0.25, 0.3) is 0 Å². The van der Waals surface area contributed by atoms with E-state index in [9.17, 15) is 0 Å². The van der Waals surface area contributed by atoms with Gasteiger partial charge < -0.3 is 14.2 Å². The van der Waals surface area contributed by atoms with Gasteiger partial charge in [0.15, 0.2) is 0 Å². The summed E-state index contributed by atoms with van der Waals surface area (Å²) in [5, 5.41) is 2.41. The molecule has 0 bridgehead atoms. The number of rotatable bonds is 2. The van der Waals surface area contributed by atoms with Crippen LogP contribution in [0.2, 0.25) is 0 Å². The predicted octanol–water partition coefficient (Wildman–Crippen LogP) is 3.21. The molecule has 1 aliphatic heterocycles. The van der Waals surface area contributed by atoms with Gasteiger partial charge in [-0.2, -0.15) is 0 Å². The summed E-state index contributed by atoms with van der Waals surface area (Å²) in [5.74, 6) is 0. The Hall–Kier alpha value is -1.52. The zero-order chi connectivity index (χ0) is 16.1. The molecule has 2 aromatic carbocycles. The predicted molar refractivity (Wildman–Crippen MR) is 94.0 cm³/mol. The molecule has 4 heteroatoms. The van der Waals surface area contributed by atoms with E-state index in [1.807, 2.05) is 0 Å². The smallest absolute Gasteiger partial charge is 0.399 e. The summed E-state index contributed by atoms with van der Waals surface area (Å²) in [6.07, 6.45) is 0. The van der Waals surface area contributed by atoms with Crippen molar-refractivity contribution in [3.63, 3.8) is 0 Å². The van der Waals surface area contributed by atoms with Crippen molar-refractivity contribution in [2.45, 2.75) is 38.9 Å². The number of hydrogen-bond acceptors (Lipinski definition) is 3. The molecule has 0 N–H and O–H groups in total. The van der Waals surface area contributed by atoms with Crippen LogP contribution in [0.15, 0.2) is 36.4 Å². The molecule has 1 aliphatic rings. The minimum atomic E-state index is -0.328. The van der Waals surface area contributed by atoms with Crippen molar-refractivity contribution in [3.05, 3.63) is 36.4 Å². The van der Waals surface area contributed by atoms with Crippen LogP contribution in [-0.2, 0) is 9.31 Å². The quantitative estimate of drug-likeness (QED) is 0.795. The van der Waals surface area contributed by atoms with E-state index in [0.717, 1.165) is 5.46 Å². The first kappa shape index (κ1) is 15.4. The zero-order valence-electron chi connectivity index (χ0n) is 14.3. The van der Waals surface area contributed by atoms with Crippen LogP contribution in [0.5, 0.6) is 0 Å². The van der Waals surface area contributed by atoms with E-state index in [1.54, 1.807) is 0 Å². The second kappa shape index (κ2) is 5.00. The van der Waals surface area contributed by atoms with E-state index in [4.69, 9.17) is 9.31 Å². The van der Waals surface area contributed by atoms with Crippen molar-refractivity contribution in [1.82, 2.24) is 0 Å². The molecule has 2 aromatic rings. The van der Waals surface area contributed by atoms with Crippen molar-refractivity contribution in [2.24, 2.45) is 0 Å². The Kier molecular flexibility index (Phi) is 3.50. The number of hydrogen-bond donors (Lipinski definition) is 0. The van der Waals surface area contributed by atoms with Gasteiger partial charge in [-0.1, -0.05) is 30.3 Å². The van der Waals surface area contributed by atoms with Gasteiger partial charge in [0.1, 0.15) is 0 Å². The number of nitrogens with zero attached hydrogens (tertiary/aromatic N) is 1. The Morgan fingerprint density at radius 1 is 0.818 bits per heavy atom. The number of anilines is 1. The molecular formula is C18H24BNO2. The molecule has 0 saturated carbocycles. The van der Waals surface area contributed by atoms with Crippen molar-refractivity contribution in [3.8, 4) is 0 Å². The first-order valence-corrected chi connectivity index (χ1v) is 7.77. The first-order chi connectivity index (χ1) is 10.2. The molecule has 0 unspecified atom stereocenters. The molecule has 3 nitrogen and oxygen atoms in total. The van der Waals surface area contributed by atoms with Gasteiger partial charge in [0.05, 0.1) is 11.2 Å². The lowest BCUT2D eigenvalue weighted by Gasteiger charge is -2.32. The largest absolute Gasteiger partial charge is 0.495 e. The van der Waals surface area contributed by atoms with Gasteiger partial charge in [-0.3, -0.25) is 0 Å². The maximum absolute atomic E-state index is 6.22. The Morgan fingerprint density at radius 2 is 1.36 bits per heavy atom. The fourth-order valence-electron chi connectivity index (χ4n) is 2.88. The molecule has 0 atom stereocenters. The van der Waals surface area contributed by atoms with Crippen LogP contribution in [-0.4, -0.2) is 32.4 Å². The van der Waals surface area contributed by atoms with Crippen molar-refractivity contribution in [1.29, 1.82) is 0 Å². The molecule has 1 saturated heterocycles. The summed E-state index contributed by atoms with van der Waals surface area (Å²) in [7, 11) is 3.80. The summed E-state index contributed by atoms with van der Waals surface area (Å²) < 4.78 is 12.4. The highest BCUT2D eigenvalue weighted by Crippen LogP contribution is 2.37. The third-order valence-corrected chi connectivity index (χ3v) is 4.92. The van der Waals surface area contributed by atoms with Crippen LogP contribution in [0, 0.1) is 0 Å². The van der Waals surface area contributed by atoms with E-state index < -0.39 is 0 Å². The SMILES string of the molecule is CN(C)c1cccc2c(B3OC(C)(C)C(C)(C)O3)cccc12. The Balaban J connectivity index is 2.12. The minimum absolute atomic E-state index is 0.320. The van der Waals surface area contributed by atoms with Crippen molar-refractivity contribution >= 4 is 29.0 Å². The lowest BCUT2D eigenvalue weighted by atomic mass is 9.76. The topological polar surface area (TPSA) is 21.7 Å². The van der Waals surface area contributed by atoms with Crippen LogP contribution < -0.4 is 10.4 Å². The number of fused-ring (bicyclic) bond motifs is 1. The van der Waals surface area contributed by atoms with Gasteiger partial charge in [0, 0.05) is 25.2 Å². The molecule has 3 rings (SSSR count). The molecule has 0 spiro atoms. The third-order valence-electron chi connectivity index (χ3n) is 4.92. The Morgan fingerprint density at radius 3 is 1.95 bits per heavy atom. The molecule has 0 aromatic heterocycles. The fraction of sp³-hybridized carbons (Fsp3) is 0.444. The monoisotopic (exact) mass is 297 g/mol. The summed E-state index contributed by atoms with van der Waals surface area (Å²) in [5.41, 5.74) is 1.66. The summed E-state index contributed by atoms with van der Waals surface area (Å²) in [6, 6.07) is 12.7. The van der Waals surface area contributed by atoms with Gasteiger partial charge in [-0.25, -0.2) is 0 Å². The van der Waals surface area contributed by atoms with Crippen LogP contribution in [0.25, 0.3) is 10.8 Å². The Bertz CT molecular complexity index is 693. The minimum Gasteiger partial charge on any atom is -0.399 e. The molecule has 0 amide bonds. The highest BCUT2D eigenvalue weighted by molar-refractivity contribution is 6.65. The van der Waals surface area contributed by atoms with Gasteiger partial charge in [-0.05, 0) is 44.6 Å². The number of benzene rings is 2. The standard InChI is InChI=1S/C18H24BNO2/c1-17(2)18(3,4)22-19(21-17)15-11-7-10-14-13(15)9-8-12-16(14)20(5)6/h7-12H,1-6H3. The highest BCUT2D eigenvalue weighted by atomic mass is 16.7. The van der Waals surface area contributed by atoms with Crippen molar-refractivity contribution in [2.75, 3.05) is 19.0 Å². The maximum Gasteiger partial charge on any atom is 0.495 e. The lowest BCUT2D eigenvalue weighted by Crippen LogP contribution is -2.41. The molecule has 1 fully saturated rings. The molecule has 0 radical (unpaired) electrons. The van der Waals surface area contributed by atoms with Gasteiger partial charge in [0.2, 0.25) is 0 Å². The van der Waals surface area contributed by atoms with Crippen LogP contribution >= 0.6 is 0 Å². The fourth-order valence-corrected chi connectivity index (χ4v) is 2.88. The average Bonchev–Trinajstić information content (AvgIpc) is 2.65. The van der Waals surface area contributed by atoms with E-state index >= 15 is 0 Å². The van der Waals surface area contributed by atoms with Crippen LogP contribution in [0.3, 0.4) is 0 Å². The summed E-state index contributed by atoms with van der Waals surface area (Å²) in [6.45, 7) is 8.35. The lowest BCUT2D eigenvalue weighted by molar-refractivity contribution is 0.00578. The van der Waals surface area contributed by atoms with Crippen LogP contribution in [0.4, 0.5) is 5.69 Å². The van der Waals surface area contributed by atoms with Gasteiger partial charge >= 0.3 is 7.12 Å². The summed E-state index contributed by atoms with van der Waals surface area (Å²) >= 11 is 0. The molecule has 22 heavy (non-hydrogen) atoms. The van der Waals surface area contributed by atoms with E-state index in [2.05, 4.69) is 83.1 Å². The highest BCUT2D eigenvalue weighted by Gasteiger charge is 2.52. The molecular weight excluding hydrogens is 273 g/mol. The third kappa shape index (κ3) is 2.31. The zero-order valence-corrected chi connectivity index (χ0v) is 14.3. The van der Waals surface area contributed by atoms with E-state index in [1.165, 1.54) is 16.5 Å². The average molecular weight is 297 g/mol. The second-order valence-electron chi connectivity index (χ2n) is 7.20. The van der Waals surface area contributed by atoms with E-state index in [0.29, 0.717) is 0 Å².